The first-order valence-electron chi connectivity index (χ1n) is 8.42. The van der Waals surface area contributed by atoms with Crippen molar-refractivity contribution in [3.05, 3.63) is 23.8 Å². The van der Waals surface area contributed by atoms with Crippen molar-refractivity contribution in [1.82, 2.24) is 4.90 Å². The lowest BCUT2D eigenvalue weighted by molar-refractivity contribution is 0.0591. The van der Waals surface area contributed by atoms with E-state index in [0.29, 0.717) is 36.8 Å². The van der Waals surface area contributed by atoms with E-state index in [1.807, 2.05) is 0 Å². The quantitative estimate of drug-likeness (QED) is 0.754. The molecule has 1 saturated carbocycles. The first-order chi connectivity index (χ1) is 11.5. The summed E-state index contributed by atoms with van der Waals surface area (Å²) in [6.45, 7) is 1.36. The van der Waals surface area contributed by atoms with Crippen LogP contribution in [0.1, 0.15) is 36.0 Å². The van der Waals surface area contributed by atoms with Crippen LogP contribution in [0.4, 0.5) is 0 Å². The van der Waals surface area contributed by atoms with Gasteiger partial charge in [-0.05, 0) is 25.0 Å². The zero-order valence-electron chi connectivity index (χ0n) is 14.6. The van der Waals surface area contributed by atoms with Crippen LogP contribution in [-0.4, -0.2) is 56.4 Å². The Morgan fingerprint density at radius 1 is 1.38 bits per heavy atom. The van der Waals surface area contributed by atoms with Crippen molar-refractivity contribution in [2.45, 2.75) is 25.7 Å². The largest absolute Gasteiger partial charge is 0.497 e. The van der Waals surface area contributed by atoms with Gasteiger partial charge in [-0.25, -0.2) is 0 Å². The van der Waals surface area contributed by atoms with Crippen molar-refractivity contribution >= 4 is 5.91 Å². The Balaban J connectivity index is 2.17. The monoisotopic (exact) mass is 336 g/mol. The molecule has 134 valence electrons. The van der Waals surface area contributed by atoms with E-state index in [1.54, 1.807) is 37.3 Å². The Morgan fingerprint density at radius 3 is 2.67 bits per heavy atom. The van der Waals surface area contributed by atoms with Gasteiger partial charge in [0.2, 0.25) is 0 Å². The zero-order chi connectivity index (χ0) is 17.6. The van der Waals surface area contributed by atoms with Gasteiger partial charge in [0.05, 0.1) is 19.3 Å². The third-order valence-electron chi connectivity index (χ3n) is 4.71. The van der Waals surface area contributed by atoms with E-state index in [9.17, 15) is 9.90 Å². The highest BCUT2D eigenvalue weighted by Gasteiger charge is 2.35. The van der Waals surface area contributed by atoms with Crippen molar-refractivity contribution in [1.29, 1.82) is 0 Å². The lowest BCUT2D eigenvalue weighted by Gasteiger charge is -2.32. The Bertz CT molecular complexity index is 556. The molecule has 1 aromatic carbocycles. The summed E-state index contributed by atoms with van der Waals surface area (Å²) in [6.07, 6.45) is 4.13. The summed E-state index contributed by atoms with van der Waals surface area (Å²) >= 11 is 0. The number of benzene rings is 1. The summed E-state index contributed by atoms with van der Waals surface area (Å²) in [5.41, 5.74) is 5.81. The molecule has 1 aromatic rings. The second-order valence-electron chi connectivity index (χ2n) is 6.53. The zero-order valence-corrected chi connectivity index (χ0v) is 14.6. The minimum atomic E-state index is -0.171. The maximum Gasteiger partial charge on any atom is 0.257 e. The molecule has 0 unspecified atom stereocenters. The first-order valence-corrected chi connectivity index (χ1v) is 8.42. The van der Waals surface area contributed by atoms with Crippen LogP contribution >= 0.6 is 0 Å². The molecule has 1 aliphatic rings. The summed E-state index contributed by atoms with van der Waals surface area (Å²) in [5.74, 6) is 0.981. The van der Waals surface area contributed by atoms with Gasteiger partial charge in [-0.1, -0.05) is 12.8 Å². The Morgan fingerprint density at radius 2 is 2.08 bits per heavy atom. The van der Waals surface area contributed by atoms with Gasteiger partial charge in [-0.15, -0.1) is 0 Å². The Kier molecular flexibility index (Phi) is 6.45. The number of methoxy groups -OCH3 is 1. The van der Waals surface area contributed by atoms with Crippen LogP contribution in [0.5, 0.6) is 11.5 Å². The number of carbonyl (C=O) groups is 1. The molecule has 0 aliphatic heterocycles. The molecule has 0 radical (unpaired) electrons. The number of carbonyl (C=O) groups excluding carboxylic acids is 1. The highest BCUT2D eigenvalue weighted by Crippen LogP contribution is 2.38. The molecule has 0 aromatic heterocycles. The molecule has 0 heterocycles. The number of hydrogen-bond donors (Lipinski definition) is 2. The fraction of sp³-hybridized carbons (Fsp3) is 0.611. The summed E-state index contributed by atoms with van der Waals surface area (Å²) in [5, 5.41) is 9.76. The molecule has 1 aliphatic carbocycles. The maximum absolute atomic E-state index is 12.9. The number of aliphatic hydroxyl groups excluding tert-OH is 1. The molecule has 6 nitrogen and oxygen atoms in total. The molecule has 0 atom stereocenters. The molecule has 0 spiro atoms. The van der Waals surface area contributed by atoms with Crippen LogP contribution in [0.2, 0.25) is 0 Å². The molecule has 0 saturated heterocycles. The molecule has 6 heteroatoms. The van der Waals surface area contributed by atoms with E-state index in [4.69, 9.17) is 15.2 Å². The van der Waals surface area contributed by atoms with Gasteiger partial charge in [0, 0.05) is 31.6 Å². The molecule has 3 N–H and O–H groups in total. The Labute approximate surface area is 143 Å². The van der Waals surface area contributed by atoms with Crippen molar-refractivity contribution in [3.63, 3.8) is 0 Å². The molecular formula is C18H28N2O4. The number of hydrogen-bond acceptors (Lipinski definition) is 5. The minimum absolute atomic E-state index is 0.115. The van der Waals surface area contributed by atoms with Crippen molar-refractivity contribution in [2.75, 3.05) is 40.5 Å². The number of aliphatic hydroxyl groups is 1. The standard InChI is InChI=1S/C18H28N2O4/c1-20(12-18(13-21)7-3-4-8-18)17(22)15-6-5-14(23-2)11-16(15)24-10-9-19/h5-6,11,21H,3-4,7-10,12-13,19H2,1-2H3. The summed E-state index contributed by atoms with van der Waals surface area (Å²) in [4.78, 5) is 14.5. The lowest BCUT2D eigenvalue weighted by Crippen LogP contribution is -2.39. The fourth-order valence-electron chi connectivity index (χ4n) is 3.37. The molecule has 2 rings (SSSR count). The second kappa shape index (κ2) is 8.35. The SMILES string of the molecule is COc1ccc(C(=O)N(C)CC2(CO)CCCC2)c(OCCN)c1. The number of nitrogens with zero attached hydrogens (tertiary/aromatic N) is 1. The summed E-state index contributed by atoms with van der Waals surface area (Å²) < 4.78 is 10.8. The van der Waals surface area contributed by atoms with Gasteiger partial charge in [0.15, 0.2) is 0 Å². The highest BCUT2D eigenvalue weighted by molar-refractivity contribution is 5.97. The van der Waals surface area contributed by atoms with E-state index in [2.05, 4.69) is 0 Å². The molecule has 1 amide bonds. The van der Waals surface area contributed by atoms with Crippen LogP contribution < -0.4 is 15.2 Å². The summed E-state index contributed by atoms with van der Waals surface area (Å²) in [7, 11) is 3.34. The average Bonchev–Trinajstić information content (AvgIpc) is 3.08. The van der Waals surface area contributed by atoms with E-state index < -0.39 is 0 Å². The van der Waals surface area contributed by atoms with Gasteiger partial charge >= 0.3 is 0 Å². The molecule has 1 fully saturated rings. The minimum Gasteiger partial charge on any atom is -0.497 e. The topological polar surface area (TPSA) is 85.0 Å². The van der Waals surface area contributed by atoms with E-state index in [1.165, 1.54) is 0 Å². The number of nitrogens with two attached hydrogens (primary N) is 1. The molecule has 24 heavy (non-hydrogen) atoms. The van der Waals surface area contributed by atoms with E-state index in [0.717, 1.165) is 25.7 Å². The smallest absolute Gasteiger partial charge is 0.257 e. The van der Waals surface area contributed by atoms with E-state index in [-0.39, 0.29) is 17.9 Å². The van der Waals surface area contributed by atoms with Crippen LogP contribution in [0.25, 0.3) is 0 Å². The average molecular weight is 336 g/mol. The van der Waals surface area contributed by atoms with Crippen molar-refractivity contribution < 1.29 is 19.4 Å². The molecular weight excluding hydrogens is 308 g/mol. The lowest BCUT2D eigenvalue weighted by atomic mass is 9.86. The second-order valence-corrected chi connectivity index (χ2v) is 6.53. The van der Waals surface area contributed by atoms with Gasteiger partial charge in [-0.2, -0.15) is 0 Å². The van der Waals surface area contributed by atoms with Gasteiger partial charge in [0.25, 0.3) is 5.91 Å². The van der Waals surface area contributed by atoms with Crippen molar-refractivity contribution in [3.8, 4) is 11.5 Å². The maximum atomic E-state index is 12.9. The predicted octanol–water partition coefficient (Wildman–Crippen LogP) is 1.66. The van der Waals surface area contributed by atoms with Crippen LogP contribution in [0.3, 0.4) is 0 Å². The first kappa shape index (κ1) is 18.5. The van der Waals surface area contributed by atoms with E-state index >= 15 is 0 Å². The number of ether oxygens (including phenoxy) is 2. The fourth-order valence-corrected chi connectivity index (χ4v) is 3.37. The van der Waals surface area contributed by atoms with Gasteiger partial charge in [-0.3, -0.25) is 4.79 Å². The number of amides is 1. The number of rotatable bonds is 8. The summed E-state index contributed by atoms with van der Waals surface area (Å²) in [6, 6.07) is 5.16. The van der Waals surface area contributed by atoms with Crippen molar-refractivity contribution in [2.24, 2.45) is 11.1 Å². The Hall–Kier alpha value is -1.79. The highest BCUT2D eigenvalue weighted by atomic mass is 16.5. The predicted molar refractivity (Wildman–Crippen MR) is 92.5 cm³/mol. The van der Waals surface area contributed by atoms with Crippen LogP contribution in [0.15, 0.2) is 18.2 Å². The third kappa shape index (κ3) is 4.19. The third-order valence-corrected chi connectivity index (χ3v) is 4.71. The van der Waals surface area contributed by atoms with Gasteiger partial charge < -0.3 is 25.2 Å². The normalized spacial score (nSPS) is 16.0. The van der Waals surface area contributed by atoms with Crippen LogP contribution in [0, 0.1) is 5.41 Å². The molecule has 0 bridgehead atoms. The van der Waals surface area contributed by atoms with Crippen LogP contribution in [-0.2, 0) is 0 Å². The van der Waals surface area contributed by atoms with Gasteiger partial charge in [0.1, 0.15) is 18.1 Å².